The van der Waals surface area contributed by atoms with Crippen LogP contribution < -0.4 is 0 Å². The minimum absolute atomic E-state index is 0.194. The van der Waals surface area contributed by atoms with Crippen LogP contribution in [-0.2, 0) is 9.53 Å². The number of ketones is 1. The van der Waals surface area contributed by atoms with Crippen molar-refractivity contribution in [3.05, 3.63) is 35.1 Å². The second-order valence-electron chi connectivity index (χ2n) is 4.40. The molecule has 0 aliphatic rings. The van der Waals surface area contributed by atoms with Crippen LogP contribution in [0, 0.1) is 12.7 Å². The van der Waals surface area contributed by atoms with Crippen molar-refractivity contribution in [2.45, 2.75) is 33.3 Å². The summed E-state index contributed by atoms with van der Waals surface area (Å²) in [6.45, 7) is 5.80. The fourth-order valence-electron chi connectivity index (χ4n) is 1.49. The average Bonchev–Trinajstić information content (AvgIpc) is 2.19. The van der Waals surface area contributed by atoms with E-state index in [0.717, 1.165) is 6.07 Å². The molecule has 0 radical (unpaired) electrons. The van der Waals surface area contributed by atoms with E-state index in [1.165, 1.54) is 32.9 Å². The zero-order valence-corrected chi connectivity index (χ0v) is 10.3. The third-order valence-electron chi connectivity index (χ3n) is 2.38. The molecule has 1 aromatic rings. The van der Waals surface area contributed by atoms with E-state index >= 15 is 0 Å². The molecule has 0 aliphatic carbocycles. The van der Waals surface area contributed by atoms with Crippen LogP contribution in [0.25, 0.3) is 0 Å². The summed E-state index contributed by atoms with van der Waals surface area (Å²) >= 11 is 0. The first-order valence-electron chi connectivity index (χ1n) is 5.24. The van der Waals surface area contributed by atoms with E-state index in [0.29, 0.717) is 5.56 Å². The lowest BCUT2D eigenvalue weighted by molar-refractivity contribution is -0.149. The normalized spacial score (nSPS) is 11.1. The maximum Gasteiger partial charge on any atom is 0.303 e. The lowest BCUT2D eigenvalue weighted by atomic mass is 9.95. The number of halogens is 1. The molecule has 4 heteroatoms. The maximum atomic E-state index is 13.3. The van der Waals surface area contributed by atoms with Crippen molar-refractivity contribution in [2.24, 2.45) is 0 Å². The van der Waals surface area contributed by atoms with E-state index in [1.54, 1.807) is 6.92 Å². The topological polar surface area (TPSA) is 43.4 Å². The van der Waals surface area contributed by atoms with E-state index in [9.17, 15) is 14.0 Å². The van der Waals surface area contributed by atoms with Gasteiger partial charge in [-0.05, 0) is 32.4 Å². The number of carbonyl (C=O) groups is 2. The Bertz CT molecular complexity index is 464. The fraction of sp³-hybridized carbons (Fsp3) is 0.385. The van der Waals surface area contributed by atoms with E-state index in [4.69, 9.17) is 4.74 Å². The zero-order valence-electron chi connectivity index (χ0n) is 10.3. The van der Waals surface area contributed by atoms with Gasteiger partial charge in [0.05, 0.1) is 0 Å². The minimum atomic E-state index is -1.28. The molecular weight excluding hydrogens is 223 g/mol. The van der Waals surface area contributed by atoms with E-state index < -0.39 is 23.2 Å². The highest BCUT2D eigenvalue weighted by Gasteiger charge is 2.32. The largest absolute Gasteiger partial charge is 0.451 e. The van der Waals surface area contributed by atoms with Gasteiger partial charge in [-0.3, -0.25) is 9.59 Å². The second-order valence-corrected chi connectivity index (χ2v) is 4.40. The number of hydrogen-bond acceptors (Lipinski definition) is 3. The van der Waals surface area contributed by atoms with Crippen molar-refractivity contribution in [3.8, 4) is 0 Å². The minimum Gasteiger partial charge on any atom is -0.451 e. The van der Waals surface area contributed by atoms with Crippen LogP contribution in [0.1, 0.15) is 36.7 Å². The fourth-order valence-corrected chi connectivity index (χ4v) is 1.49. The first kappa shape index (κ1) is 13.4. The van der Waals surface area contributed by atoms with Gasteiger partial charge < -0.3 is 4.74 Å². The summed E-state index contributed by atoms with van der Waals surface area (Å²) < 4.78 is 18.2. The molecule has 0 aromatic heterocycles. The number of rotatable bonds is 3. The summed E-state index contributed by atoms with van der Waals surface area (Å²) in [5, 5.41) is 0. The van der Waals surface area contributed by atoms with Crippen molar-refractivity contribution < 1.29 is 18.7 Å². The zero-order chi connectivity index (χ0) is 13.2. The van der Waals surface area contributed by atoms with E-state index in [2.05, 4.69) is 0 Å². The van der Waals surface area contributed by atoms with Crippen molar-refractivity contribution in [1.29, 1.82) is 0 Å². The molecule has 0 saturated carbocycles. The van der Waals surface area contributed by atoms with Crippen LogP contribution in [-0.4, -0.2) is 17.4 Å². The van der Waals surface area contributed by atoms with Crippen molar-refractivity contribution >= 4 is 11.8 Å². The number of aryl methyl sites for hydroxylation is 1. The Morgan fingerprint density at radius 2 is 1.88 bits per heavy atom. The lowest BCUT2D eigenvalue weighted by Gasteiger charge is -2.22. The predicted octanol–water partition coefficient (Wildman–Crippen LogP) is 2.66. The number of hydrogen-bond donors (Lipinski definition) is 0. The van der Waals surface area contributed by atoms with Crippen LogP contribution >= 0.6 is 0 Å². The van der Waals surface area contributed by atoms with Crippen molar-refractivity contribution in [3.63, 3.8) is 0 Å². The summed E-state index contributed by atoms with van der Waals surface area (Å²) in [5.74, 6) is -1.42. The molecule has 0 N–H and O–H groups in total. The molecule has 1 rings (SSSR count). The molecule has 0 bridgehead atoms. The number of carbonyl (C=O) groups excluding carboxylic acids is 2. The SMILES string of the molecule is CC(=O)OC(C)(C)C(=O)c1ccc(C)c(F)c1. The Kier molecular flexibility index (Phi) is 3.66. The molecule has 0 heterocycles. The Morgan fingerprint density at radius 1 is 1.29 bits per heavy atom. The van der Waals surface area contributed by atoms with Gasteiger partial charge in [-0.2, -0.15) is 0 Å². The van der Waals surface area contributed by atoms with Gasteiger partial charge in [0.1, 0.15) is 5.82 Å². The predicted molar refractivity (Wildman–Crippen MR) is 61.3 cm³/mol. The monoisotopic (exact) mass is 238 g/mol. The number of benzene rings is 1. The number of Topliss-reactive ketones (excluding diaryl/α,β-unsaturated/α-hetero) is 1. The highest BCUT2D eigenvalue weighted by atomic mass is 19.1. The third kappa shape index (κ3) is 3.12. The Morgan fingerprint density at radius 3 is 2.35 bits per heavy atom. The van der Waals surface area contributed by atoms with Crippen LogP contribution in [0.15, 0.2) is 18.2 Å². The highest BCUT2D eigenvalue weighted by Crippen LogP contribution is 2.19. The third-order valence-corrected chi connectivity index (χ3v) is 2.38. The Labute approximate surface area is 99.6 Å². The molecule has 1 aromatic carbocycles. The highest BCUT2D eigenvalue weighted by molar-refractivity contribution is 6.02. The van der Waals surface area contributed by atoms with Gasteiger partial charge in [0, 0.05) is 12.5 Å². The molecule has 0 saturated heterocycles. The maximum absolute atomic E-state index is 13.3. The summed E-state index contributed by atoms with van der Waals surface area (Å²) in [6.07, 6.45) is 0. The van der Waals surface area contributed by atoms with Gasteiger partial charge in [0.25, 0.3) is 0 Å². The number of esters is 1. The van der Waals surface area contributed by atoms with Gasteiger partial charge in [0.2, 0.25) is 5.78 Å². The van der Waals surface area contributed by atoms with Gasteiger partial charge in [-0.25, -0.2) is 4.39 Å². The Hall–Kier alpha value is -1.71. The summed E-state index contributed by atoms with van der Waals surface area (Å²) in [7, 11) is 0. The van der Waals surface area contributed by atoms with Gasteiger partial charge in [0.15, 0.2) is 5.60 Å². The Balaban J connectivity index is 3.03. The van der Waals surface area contributed by atoms with Crippen molar-refractivity contribution in [2.75, 3.05) is 0 Å². The molecule has 0 atom stereocenters. The second kappa shape index (κ2) is 4.65. The number of ether oxygens (including phenoxy) is 1. The lowest BCUT2D eigenvalue weighted by Crippen LogP contribution is -2.36. The standard InChI is InChI=1S/C13H15FO3/c1-8-5-6-10(7-11(8)14)12(16)13(3,4)17-9(2)15/h5-7H,1-4H3. The smallest absolute Gasteiger partial charge is 0.303 e. The van der Waals surface area contributed by atoms with Gasteiger partial charge in [-0.1, -0.05) is 12.1 Å². The first-order chi connectivity index (χ1) is 7.74. The van der Waals surface area contributed by atoms with Crippen molar-refractivity contribution in [1.82, 2.24) is 0 Å². The molecule has 3 nitrogen and oxygen atoms in total. The molecule has 17 heavy (non-hydrogen) atoms. The summed E-state index contributed by atoms with van der Waals surface area (Å²) in [5.41, 5.74) is -0.626. The van der Waals surface area contributed by atoms with Crippen LogP contribution in [0.4, 0.5) is 4.39 Å². The summed E-state index contributed by atoms with van der Waals surface area (Å²) in [6, 6.07) is 4.20. The first-order valence-corrected chi connectivity index (χ1v) is 5.24. The molecule has 92 valence electrons. The van der Waals surface area contributed by atoms with E-state index in [1.807, 2.05) is 0 Å². The molecule has 0 spiro atoms. The van der Waals surface area contributed by atoms with Crippen LogP contribution in [0.3, 0.4) is 0 Å². The molecule has 0 amide bonds. The quantitative estimate of drug-likeness (QED) is 0.600. The molecule has 0 fully saturated rings. The molecule has 0 unspecified atom stereocenters. The van der Waals surface area contributed by atoms with Crippen LogP contribution in [0.2, 0.25) is 0 Å². The van der Waals surface area contributed by atoms with Gasteiger partial charge in [-0.15, -0.1) is 0 Å². The molecule has 0 aliphatic heterocycles. The molecular formula is C13H15FO3. The van der Waals surface area contributed by atoms with E-state index in [-0.39, 0.29) is 5.56 Å². The average molecular weight is 238 g/mol. The van der Waals surface area contributed by atoms with Gasteiger partial charge >= 0.3 is 5.97 Å². The summed E-state index contributed by atoms with van der Waals surface area (Å²) in [4.78, 5) is 22.9. The van der Waals surface area contributed by atoms with Crippen LogP contribution in [0.5, 0.6) is 0 Å².